The van der Waals surface area contributed by atoms with Crippen molar-refractivity contribution in [3.63, 3.8) is 0 Å². The van der Waals surface area contributed by atoms with Gasteiger partial charge >= 0.3 is 0 Å². The van der Waals surface area contributed by atoms with Crippen molar-refractivity contribution in [2.45, 2.75) is 12.5 Å². The molecule has 1 aromatic rings. The first-order valence-electron chi connectivity index (χ1n) is 7.64. The molecule has 1 aromatic heterocycles. The Kier molecular flexibility index (Phi) is 4.24. The van der Waals surface area contributed by atoms with E-state index in [1.165, 1.54) is 19.2 Å². The molecule has 8 nitrogen and oxygen atoms in total. The maximum absolute atomic E-state index is 12.4. The first kappa shape index (κ1) is 16.1. The van der Waals surface area contributed by atoms with Gasteiger partial charge in [0.25, 0.3) is 11.5 Å². The van der Waals surface area contributed by atoms with Crippen molar-refractivity contribution in [3.05, 3.63) is 28.2 Å². The lowest BCUT2D eigenvalue weighted by molar-refractivity contribution is 0.0580. The van der Waals surface area contributed by atoms with Crippen molar-refractivity contribution < 1.29 is 13.2 Å². The monoisotopic (exact) mass is 340 g/mol. The Hall–Kier alpha value is -1.74. The first-order valence-corrected chi connectivity index (χ1v) is 9.46. The Bertz CT molecular complexity index is 765. The molecular weight excluding hydrogens is 320 g/mol. The van der Waals surface area contributed by atoms with Crippen molar-refractivity contribution in [3.8, 4) is 0 Å². The average Bonchev–Trinajstić information content (AvgIpc) is 2.89. The summed E-state index contributed by atoms with van der Waals surface area (Å²) in [4.78, 5) is 27.6. The van der Waals surface area contributed by atoms with Crippen LogP contribution in [0.25, 0.3) is 0 Å². The highest BCUT2D eigenvalue weighted by atomic mass is 32.2. The van der Waals surface area contributed by atoms with Gasteiger partial charge in [0.05, 0.1) is 11.5 Å². The van der Waals surface area contributed by atoms with E-state index in [0.717, 1.165) is 4.68 Å². The molecule has 0 N–H and O–H groups in total. The molecule has 9 heteroatoms. The van der Waals surface area contributed by atoms with Gasteiger partial charge in [0.1, 0.15) is 5.69 Å². The molecule has 3 heterocycles. The smallest absolute Gasteiger partial charge is 0.274 e. The lowest BCUT2D eigenvalue weighted by Crippen LogP contribution is -2.52. The Morgan fingerprint density at radius 2 is 1.91 bits per heavy atom. The summed E-state index contributed by atoms with van der Waals surface area (Å²) in [5, 5.41) is 3.98. The van der Waals surface area contributed by atoms with E-state index in [2.05, 4.69) is 10.00 Å². The molecule has 126 valence electrons. The van der Waals surface area contributed by atoms with E-state index in [1.807, 2.05) is 0 Å². The summed E-state index contributed by atoms with van der Waals surface area (Å²) >= 11 is 0. The number of rotatable bonds is 2. The van der Waals surface area contributed by atoms with Gasteiger partial charge < -0.3 is 4.90 Å². The Labute approximate surface area is 134 Å². The topological polar surface area (TPSA) is 92.6 Å². The molecule has 0 radical (unpaired) electrons. The van der Waals surface area contributed by atoms with Crippen LogP contribution in [0.2, 0.25) is 0 Å². The Balaban J connectivity index is 1.61. The summed E-state index contributed by atoms with van der Waals surface area (Å²) in [5.74, 6) is 0.293. The van der Waals surface area contributed by atoms with Crippen molar-refractivity contribution >= 4 is 15.7 Å². The van der Waals surface area contributed by atoms with Gasteiger partial charge in [0.2, 0.25) is 0 Å². The van der Waals surface area contributed by atoms with Crippen LogP contribution >= 0.6 is 0 Å². The van der Waals surface area contributed by atoms with Crippen LogP contribution in [-0.2, 0) is 16.9 Å². The molecule has 0 saturated carbocycles. The van der Waals surface area contributed by atoms with Crippen LogP contribution in [0.3, 0.4) is 0 Å². The normalized spacial score (nSPS) is 24.7. The molecule has 0 unspecified atom stereocenters. The van der Waals surface area contributed by atoms with E-state index in [0.29, 0.717) is 32.6 Å². The number of carbonyl (C=O) groups excluding carboxylic acids is 1. The molecule has 2 fully saturated rings. The highest BCUT2D eigenvalue weighted by Gasteiger charge is 2.34. The van der Waals surface area contributed by atoms with E-state index < -0.39 is 9.84 Å². The van der Waals surface area contributed by atoms with Crippen LogP contribution in [0.4, 0.5) is 0 Å². The second-order valence-electron chi connectivity index (χ2n) is 6.07. The number of aromatic nitrogens is 2. The second kappa shape index (κ2) is 6.04. The molecule has 0 bridgehead atoms. The number of amides is 1. The fraction of sp³-hybridized carbons (Fsp3) is 0.643. The van der Waals surface area contributed by atoms with Gasteiger partial charge in [-0.1, -0.05) is 0 Å². The number of hydrogen-bond acceptors (Lipinski definition) is 6. The quantitative estimate of drug-likeness (QED) is 0.666. The summed E-state index contributed by atoms with van der Waals surface area (Å²) in [6.45, 7) is 2.41. The molecule has 2 aliphatic rings. The molecule has 3 rings (SSSR count). The van der Waals surface area contributed by atoms with Gasteiger partial charge in [0, 0.05) is 45.3 Å². The van der Waals surface area contributed by atoms with Crippen molar-refractivity contribution in [1.29, 1.82) is 0 Å². The highest BCUT2D eigenvalue weighted by molar-refractivity contribution is 7.91. The zero-order valence-electron chi connectivity index (χ0n) is 13.0. The maximum atomic E-state index is 12.4. The fourth-order valence-corrected chi connectivity index (χ4v) is 4.89. The standard InChI is InChI=1S/C14H20N4O4S/c1-16-13(19)3-2-12(15-16)14(20)18-7-5-17(6-8-18)11-4-9-23(21,22)10-11/h2-3,11H,4-10H2,1H3/t11-/m0/s1. The zero-order valence-corrected chi connectivity index (χ0v) is 13.8. The molecule has 0 aliphatic carbocycles. The number of hydrogen-bond donors (Lipinski definition) is 0. The predicted molar refractivity (Wildman–Crippen MR) is 84.0 cm³/mol. The summed E-state index contributed by atoms with van der Waals surface area (Å²) < 4.78 is 24.3. The first-order chi connectivity index (χ1) is 10.9. The van der Waals surface area contributed by atoms with Gasteiger partial charge in [-0.05, 0) is 12.5 Å². The minimum Gasteiger partial charge on any atom is -0.335 e. The summed E-state index contributed by atoms with van der Waals surface area (Å²) in [6, 6.07) is 2.86. The Morgan fingerprint density at radius 3 is 2.48 bits per heavy atom. The minimum absolute atomic E-state index is 0.0768. The van der Waals surface area contributed by atoms with Crippen molar-refractivity contribution in [2.24, 2.45) is 7.05 Å². The van der Waals surface area contributed by atoms with Gasteiger partial charge in [-0.15, -0.1) is 0 Å². The van der Waals surface area contributed by atoms with Gasteiger partial charge in [-0.3, -0.25) is 14.5 Å². The van der Waals surface area contributed by atoms with E-state index in [4.69, 9.17) is 0 Å². The lowest BCUT2D eigenvalue weighted by Gasteiger charge is -2.37. The third kappa shape index (κ3) is 3.45. The second-order valence-corrected chi connectivity index (χ2v) is 8.29. The van der Waals surface area contributed by atoms with Gasteiger partial charge in [-0.2, -0.15) is 5.10 Å². The summed E-state index contributed by atoms with van der Waals surface area (Å²) in [7, 11) is -1.38. The average molecular weight is 340 g/mol. The number of sulfone groups is 1. The van der Waals surface area contributed by atoms with Crippen LogP contribution in [0.1, 0.15) is 16.9 Å². The molecule has 2 saturated heterocycles. The number of piperazine rings is 1. The molecule has 1 amide bonds. The molecule has 2 aliphatic heterocycles. The molecule has 23 heavy (non-hydrogen) atoms. The van der Waals surface area contributed by atoms with Crippen LogP contribution in [0.5, 0.6) is 0 Å². The van der Waals surface area contributed by atoms with Crippen LogP contribution in [-0.4, -0.2) is 77.6 Å². The van der Waals surface area contributed by atoms with Crippen molar-refractivity contribution in [1.82, 2.24) is 19.6 Å². The molecule has 1 atom stereocenters. The lowest BCUT2D eigenvalue weighted by atomic mass is 10.2. The molecular formula is C14H20N4O4S. The zero-order chi connectivity index (χ0) is 16.6. The van der Waals surface area contributed by atoms with Crippen LogP contribution < -0.4 is 5.56 Å². The molecule has 0 aromatic carbocycles. The number of nitrogens with zero attached hydrogens (tertiary/aromatic N) is 4. The van der Waals surface area contributed by atoms with E-state index >= 15 is 0 Å². The third-order valence-corrected chi connectivity index (χ3v) is 6.26. The highest BCUT2D eigenvalue weighted by Crippen LogP contribution is 2.19. The van der Waals surface area contributed by atoms with Crippen LogP contribution in [0.15, 0.2) is 16.9 Å². The third-order valence-electron chi connectivity index (χ3n) is 4.51. The Morgan fingerprint density at radius 1 is 1.22 bits per heavy atom. The summed E-state index contributed by atoms with van der Waals surface area (Å²) in [6.07, 6.45) is 0.679. The number of carbonyl (C=O) groups is 1. The van der Waals surface area contributed by atoms with E-state index in [-0.39, 0.29) is 34.7 Å². The van der Waals surface area contributed by atoms with E-state index in [9.17, 15) is 18.0 Å². The predicted octanol–water partition coefficient (Wildman–Crippen LogP) is -1.27. The minimum atomic E-state index is -2.89. The summed E-state index contributed by atoms with van der Waals surface area (Å²) in [5.41, 5.74) is -0.00203. The fourth-order valence-electron chi connectivity index (χ4n) is 3.13. The van der Waals surface area contributed by atoms with Gasteiger partial charge in [-0.25, -0.2) is 13.1 Å². The number of aryl methyl sites for hydroxylation is 1. The largest absolute Gasteiger partial charge is 0.335 e. The van der Waals surface area contributed by atoms with Crippen molar-refractivity contribution in [2.75, 3.05) is 37.7 Å². The van der Waals surface area contributed by atoms with E-state index in [1.54, 1.807) is 4.90 Å². The molecule has 0 spiro atoms. The maximum Gasteiger partial charge on any atom is 0.274 e. The van der Waals surface area contributed by atoms with Crippen LogP contribution in [0, 0.1) is 0 Å². The van der Waals surface area contributed by atoms with Gasteiger partial charge in [0.15, 0.2) is 9.84 Å². The SMILES string of the molecule is Cn1nc(C(=O)N2CCN([C@H]3CCS(=O)(=O)C3)CC2)ccc1=O.